The second-order valence-corrected chi connectivity index (χ2v) is 7.65. The fourth-order valence-electron chi connectivity index (χ4n) is 4.07. The van der Waals surface area contributed by atoms with Crippen molar-refractivity contribution in [2.75, 3.05) is 26.7 Å². The molecular weight excluding hydrogens is 416 g/mol. The second kappa shape index (κ2) is 10.3. The molecule has 2 heterocycles. The van der Waals surface area contributed by atoms with Gasteiger partial charge >= 0.3 is 6.09 Å². The van der Waals surface area contributed by atoms with E-state index in [1.807, 2.05) is 37.3 Å². The van der Waals surface area contributed by atoms with Crippen LogP contribution in [0.15, 0.2) is 35.3 Å². The lowest BCUT2D eigenvalue weighted by Crippen LogP contribution is -2.73. The molecule has 4 N–H and O–H groups in total. The van der Waals surface area contributed by atoms with Gasteiger partial charge < -0.3 is 26.0 Å². The van der Waals surface area contributed by atoms with Crippen LogP contribution in [0.5, 0.6) is 0 Å². The molecule has 3 atom stereocenters. The van der Waals surface area contributed by atoms with Crippen LogP contribution in [0, 0.1) is 0 Å². The highest BCUT2D eigenvalue weighted by molar-refractivity contribution is 5.92. The van der Waals surface area contributed by atoms with Gasteiger partial charge in [0.2, 0.25) is 5.91 Å². The molecule has 3 amide bonds. The van der Waals surface area contributed by atoms with Crippen LogP contribution in [0.25, 0.3) is 0 Å². The quantitative estimate of drug-likeness (QED) is 0.342. The number of likely N-dealkylation sites (N-methyl/N-ethyl adjacent to an activating group) is 1. The van der Waals surface area contributed by atoms with E-state index in [1.54, 1.807) is 4.90 Å². The molecule has 11 nitrogen and oxygen atoms in total. The van der Waals surface area contributed by atoms with E-state index in [-0.39, 0.29) is 30.7 Å². The molecule has 0 radical (unpaired) electrons. The van der Waals surface area contributed by atoms with Gasteiger partial charge in [0.05, 0.1) is 13.7 Å². The number of ether oxygens (including phenoxy) is 1. The van der Waals surface area contributed by atoms with Gasteiger partial charge in [-0.05, 0) is 25.3 Å². The maximum absolute atomic E-state index is 13.5. The number of piperazine rings is 1. The van der Waals surface area contributed by atoms with Crippen molar-refractivity contribution in [3.8, 4) is 0 Å². The van der Waals surface area contributed by atoms with Crippen LogP contribution in [0.1, 0.15) is 25.3 Å². The summed E-state index contributed by atoms with van der Waals surface area (Å²) in [6.07, 6.45) is -1.38. The number of hydrogen-bond donors (Lipinski definition) is 2. The third-order valence-corrected chi connectivity index (χ3v) is 5.61. The normalized spacial score (nSPS) is 23.1. The summed E-state index contributed by atoms with van der Waals surface area (Å²) >= 11 is 0. The zero-order valence-electron chi connectivity index (χ0n) is 18.3. The minimum Gasteiger partial charge on any atom is -0.451 e. The molecule has 3 rings (SSSR count). The van der Waals surface area contributed by atoms with Gasteiger partial charge in [-0.2, -0.15) is 5.06 Å². The number of hydroxylamine groups is 2. The Morgan fingerprint density at radius 1 is 1.22 bits per heavy atom. The Labute approximate surface area is 186 Å². The zero-order valence-corrected chi connectivity index (χ0v) is 18.3. The molecule has 32 heavy (non-hydrogen) atoms. The first kappa shape index (κ1) is 23.3. The molecule has 0 unspecified atom stereocenters. The topological polar surface area (TPSA) is 144 Å². The number of carbonyl (C=O) groups is 3. The number of carbonyl (C=O) groups excluding carboxylic acids is 3. The van der Waals surface area contributed by atoms with E-state index < -0.39 is 24.4 Å². The number of benzene rings is 1. The maximum Gasteiger partial charge on any atom is 0.435 e. The Morgan fingerprint density at radius 3 is 2.56 bits per heavy atom. The van der Waals surface area contributed by atoms with E-state index in [1.165, 1.54) is 12.0 Å². The molecule has 0 aliphatic carbocycles. The summed E-state index contributed by atoms with van der Waals surface area (Å²) in [6.45, 7) is 2.74. The number of hydrogen-bond acceptors (Lipinski definition) is 6. The van der Waals surface area contributed by atoms with Crippen molar-refractivity contribution in [2.45, 2.75) is 44.5 Å². The highest BCUT2D eigenvalue weighted by Crippen LogP contribution is 2.30. The Morgan fingerprint density at radius 2 is 1.94 bits per heavy atom. The number of nitrogens with zero attached hydrogens (tertiary/aromatic N) is 4. The first-order valence-electron chi connectivity index (χ1n) is 10.6. The Bertz CT molecular complexity index is 859. The lowest BCUT2D eigenvalue weighted by Gasteiger charge is -2.52. The molecule has 1 aromatic carbocycles. The van der Waals surface area contributed by atoms with E-state index >= 15 is 0 Å². The number of fused-ring (bicyclic) bond motifs is 1. The molecule has 2 aliphatic rings. The average molecular weight is 447 g/mol. The molecule has 1 aromatic rings. The predicted octanol–water partition coefficient (Wildman–Crippen LogP) is 0.0503. The van der Waals surface area contributed by atoms with Gasteiger partial charge in [0.15, 0.2) is 18.2 Å². The van der Waals surface area contributed by atoms with Crippen LogP contribution >= 0.6 is 0 Å². The smallest absolute Gasteiger partial charge is 0.435 e. The van der Waals surface area contributed by atoms with E-state index in [0.29, 0.717) is 25.9 Å². The Balaban J connectivity index is 1.91. The summed E-state index contributed by atoms with van der Waals surface area (Å²) in [4.78, 5) is 52.1. The zero-order chi connectivity index (χ0) is 23.3. The third-order valence-electron chi connectivity index (χ3n) is 5.61. The van der Waals surface area contributed by atoms with Crippen LogP contribution in [0.3, 0.4) is 0 Å². The van der Waals surface area contributed by atoms with Crippen molar-refractivity contribution in [1.29, 1.82) is 0 Å². The van der Waals surface area contributed by atoms with E-state index in [0.717, 1.165) is 10.6 Å². The van der Waals surface area contributed by atoms with Crippen molar-refractivity contribution < 1.29 is 24.0 Å². The summed E-state index contributed by atoms with van der Waals surface area (Å²) in [5.74, 6) is -0.544. The minimum atomic E-state index is -0.964. The number of amides is 3. The minimum absolute atomic E-state index is 0.0322. The lowest BCUT2D eigenvalue weighted by atomic mass is 9.99. The van der Waals surface area contributed by atoms with Gasteiger partial charge in [-0.25, -0.2) is 4.79 Å². The van der Waals surface area contributed by atoms with Gasteiger partial charge in [0.1, 0.15) is 6.04 Å². The molecule has 2 fully saturated rings. The van der Waals surface area contributed by atoms with Crippen LogP contribution in [-0.4, -0.2) is 83.8 Å². The fourth-order valence-corrected chi connectivity index (χ4v) is 4.07. The molecule has 0 saturated carbocycles. The SMILES string of the molecule is CCN1C[C@@H]2N(C(=O)OC)O[C@@H](Cc3ccccc3)C(=O)N2[C@@H](CCCN=C(N)N)C1=O. The summed E-state index contributed by atoms with van der Waals surface area (Å²) in [5.41, 5.74) is 11.6. The largest absolute Gasteiger partial charge is 0.451 e. The highest BCUT2D eigenvalue weighted by atomic mass is 16.7. The van der Waals surface area contributed by atoms with Crippen LogP contribution in [-0.2, 0) is 25.6 Å². The third kappa shape index (κ3) is 4.93. The van der Waals surface area contributed by atoms with Crippen LogP contribution in [0.2, 0.25) is 0 Å². The van der Waals surface area contributed by atoms with Crippen LogP contribution in [0.4, 0.5) is 4.79 Å². The summed E-state index contributed by atoms with van der Waals surface area (Å²) in [7, 11) is 1.25. The van der Waals surface area contributed by atoms with Gasteiger partial charge in [0.25, 0.3) is 5.91 Å². The summed E-state index contributed by atoms with van der Waals surface area (Å²) < 4.78 is 4.90. The second-order valence-electron chi connectivity index (χ2n) is 7.65. The molecule has 174 valence electrons. The van der Waals surface area contributed by atoms with Crippen molar-refractivity contribution in [1.82, 2.24) is 14.9 Å². The summed E-state index contributed by atoms with van der Waals surface area (Å²) in [5, 5.41) is 1.08. The van der Waals surface area contributed by atoms with E-state index in [4.69, 9.17) is 21.0 Å². The standard InChI is InChI=1S/C21H30N6O5/c1-3-25-13-17-26(15(18(25)28)10-7-11-24-20(22)23)19(29)16(32-27(17)21(30)31-2)12-14-8-5-4-6-9-14/h4-6,8-9,15-17H,3,7,10-13H2,1-2H3,(H4,22,23,24)/t15-,16-,17-/m0/s1. The highest BCUT2D eigenvalue weighted by Gasteiger charge is 2.52. The van der Waals surface area contributed by atoms with E-state index in [2.05, 4.69) is 4.99 Å². The molecule has 2 aliphatic heterocycles. The molecule has 0 bridgehead atoms. The Kier molecular flexibility index (Phi) is 7.52. The van der Waals surface area contributed by atoms with E-state index in [9.17, 15) is 14.4 Å². The molecule has 0 aromatic heterocycles. The Hall–Kier alpha value is -3.34. The fraction of sp³-hybridized carbons (Fsp3) is 0.524. The summed E-state index contributed by atoms with van der Waals surface area (Å²) in [6, 6.07) is 8.58. The lowest BCUT2D eigenvalue weighted by molar-refractivity contribution is -0.265. The van der Waals surface area contributed by atoms with Gasteiger partial charge in [-0.3, -0.25) is 19.4 Å². The monoisotopic (exact) mass is 446 g/mol. The van der Waals surface area contributed by atoms with Crippen molar-refractivity contribution >= 4 is 23.9 Å². The number of aliphatic imine (C=N–C) groups is 1. The van der Waals surface area contributed by atoms with Crippen LogP contribution < -0.4 is 11.5 Å². The first-order chi connectivity index (χ1) is 15.4. The average Bonchev–Trinajstić information content (AvgIpc) is 2.79. The van der Waals surface area contributed by atoms with Crippen molar-refractivity contribution in [3.63, 3.8) is 0 Å². The van der Waals surface area contributed by atoms with Gasteiger partial charge in [-0.1, -0.05) is 30.3 Å². The van der Waals surface area contributed by atoms with Crippen molar-refractivity contribution in [3.05, 3.63) is 35.9 Å². The van der Waals surface area contributed by atoms with Gasteiger partial charge in [-0.15, -0.1) is 0 Å². The number of nitrogens with two attached hydrogens (primary N) is 2. The van der Waals surface area contributed by atoms with Crippen molar-refractivity contribution in [2.24, 2.45) is 16.5 Å². The number of guanidine groups is 1. The molecule has 0 spiro atoms. The number of methoxy groups -OCH3 is 1. The molecule has 11 heteroatoms. The predicted molar refractivity (Wildman–Crippen MR) is 116 cm³/mol. The number of rotatable bonds is 7. The first-order valence-corrected chi connectivity index (χ1v) is 10.6. The van der Waals surface area contributed by atoms with Gasteiger partial charge in [0, 0.05) is 19.5 Å². The molecule has 2 saturated heterocycles. The molecular formula is C21H30N6O5. The maximum atomic E-state index is 13.5.